The summed E-state index contributed by atoms with van der Waals surface area (Å²) in [5, 5.41) is 6.97. The van der Waals surface area contributed by atoms with Crippen LogP contribution in [0.25, 0.3) is 11.4 Å². The number of fused-ring (bicyclic) bond motifs is 1. The maximum absolute atomic E-state index is 12.8. The summed E-state index contributed by atoms with van der Waals surface area (Å²) in [6.07, 6.45) is 1.32. The van der Waals surface area contributed by atoms with E-state index in [1.807, 2.05) is 52.0 Å². The van der Waals surface area contributed by atoms with E-state index in [-0.39, 0.29) is 22.1 Å². The highest BCUT2D eigenvalue weighted by Crippen LogP contribution is 2.47. The first-order chi connectivity index (χ1) is 13.2. The molecule has 2 saturated heterocycles. The third kappa shape index (κ3) is 3.30. The van der Waals surface area contributed by atoms with Crippen LogP contribution in [0.4, 0.5) is 5.69 Å². The molecule has 0 saturated carbocycles. The monoisotopic (exact) mass is 400 g/mol. The number of aromatic nitrogens is 2. The number of hydrogen-bond acceptors (Lipinski definition) is 6. The van der Waals surface area contributed by atoms with Crippen LogP contribution < -0.4 is 5.32 Å². The molecule has 0 unspecified atom stereocenters. The Labute approximate surface area is 168 Å². The third-order valence-electron chi connectivity index (χ3n) is 5.23. The van der Waals surface area contributed by atoms with Crippen LogP contribution in [-0.4, -0.2) is 43.5 Å². The Hall–Kier alpha value is -2.35. The van der Waals surface area contributed by atoms with Gasteiger partial charge < -0.3 is 14.7 Å². The zero-order chi connectivity index (χ0) is 20.1. The van der Waals surface area contributed by atoms with Gasteiger partial charge in [-0.1, -0.05) is 25.9 Å². The molecule has 1 aromatic heterocycles. The second kappa shape index (κ2) is 6.62. The number of carbonyl (C=O) groups is 2. The molecule has 2 aliphatic rings. The van der Waals surface area contributed by atoms with Crippen molar-refractivity contribution in [2.24, 2.45) is 0 Å². The maximum Gasteiger partial charge on any atom is 0.248 e. The lowest BCUT2D eigenvalue weighted by molar-refractivity contribution is -0.135. The molecule has 0 bridgehead atoms. The Kier molecular flexibility index (Phi) is 4.49. The summed E-state index contributed by atoms with van der Waals surface area (Å²) < 4.78 is 5.33. The molecule has 3 heterocycles. The minimum Gasteiger partial charge on any atom is -0.338 e. The average Bonchev–Trinajstić information content (AvgIpc) is 3.31. The molecular weight excluding hydrogens is 376 g/mol. The lowest BCUT2D eigenvalue weighted by Crippen LogP contribution is -2.48. The molecule has 2 aliphatic heterocycles. The van der Waals surface area contributed by atoms with Gasteiger partial charge in [-0.3, -0.25) is 9.59 Å². The number of benzene rings is 1. The molecule has 1 aromatic carbocycles. The quantitative estimate of drug-likeness (QED) is 0.849. The van der Waals surface area contributed by atoms with Crippen LogP contribution in [0, 0.1) is 0 Å². The van der Waals surface area contributed by atoms with Crippen molar-refractivity contribution in [1.82, 2.24) is 15.0 Å². The van der Waals surface area contributed by atoms with Gasteiger partial charge in [0.05, 0.1) is 4.87 Å². The molecule has 2 aromatic rings. The average molecular weight is 401 g/mol. The van der Waals surface area contributed by atoms with Crippen molar-refractivity contribution in [3.05, 3.63) is 30.2 Å². The fourth-order valence-corrected chi connectivity index (χ4v) is 5.02. The zero-order valence-corrected chi connectivity index (χ0v) is 17.3. The Balaban J connectivity index is 1.46. The highest BCUT2D eigenvalue weighted by molar-refractivity contribution is 8.01. The summed E-state index contributed by atoms with van der Waals surface area (Å²) >= 11 is 1.69. The predicted octanol–water partition coefficient (Wildman–Crippen LogP) is 3.43. The normalized spacial score (nSPS) is 24.5. The van der Waals surface area contributed by atoms with Crippen molar-refractivity contribution >= 4 is 29.3 Å². The molecule has 2 atom stereocenters. The molecule has 2 amide bonds. The Morgan fingerprint density at radius 2 is 2.04 bits per heavy atom. The van der Waals surface area contributed by atoms with E-state index in [0.29, 0.717) is 29.6 Å². The lowest BCUT2D eigenvalue weighted by atomic mass is 9.97. The number of thioether (sulfide) groups is 1. The third-order valence-corrected chi connectivity index (χ3v) is 6.73. The fraction of sp³-hybridized carbons (Fsp3) is 0.500. The van der Waals surface area contributed by atoms with E-state index in [1.165, 1.54) is 0 Å². The number of hydrogen-bond donors (Lipinski definition) is 1. The first-order valence-electron chi connectivity index (χ1n) is 9.39. The van der Waals surface area contributed by atoms with E-state index >= 15 is 0 Å². The largest absolute Gasteiger partial charge is 0.338 e. The molecule has 0 aliphatic carbocycles. The lowest BCUT2D eigenvalue weighted by Gasteiger charge is -2.29. The van der Waals surface area contributed by atoms with Crippen LogP contribution >= 0.6 is 11.8 Å². The Bertz CT molecular complexity index is 918. The fourth-order valence-electron chi connectivity index (χ4n) is 3.59. The van der Waals surface area contributed by atoms with Crippen LogP contribution in [0.15, 0.2) is 28.8 Å². The molecular formula is C20H24N4O3S. The van der Waals surface area contributed by atoms with Gasteiger partial charge >= 0.3 is 0 Å². The van der Waals surface area contributed by atoms with Crippen LogP contribution in [0.5, 0.6) is 0 Å². The SMILES string of the molecule is CC(C)(C)c1nc(-c2ccc(NC(=O)[C@H]3CS[C@]4(C)CCC(=O)N34)cc2)no1. The van der Waals surface area contributed by atoms with Crippen molar-refractivity contribution in [2.45, 2.75) is 56.9 Å². The molecule has 0 radical (unpaired) electrons. The molecule has 1 N–H and O–H groups in total. The summed E-state index contributed by atoms with van der Waals surface area (Å²) in [4.78, 5) is 30.9. The first kappa shape index (κ1) is 19.0. The second-order valence-corrected chi connectivity index (χ2v) is 10.0. The van der Waals surface area contributed by atoms with E-state index in [0.717, 1.165) is 12.0 Å². The molecule has 8 heteroatoms. The van der Waals surface area contributed by atoms with Crippen molar-refractivity contribution in [3.63, 3.8) is 0 Å². The van der Waals surface area contributed by atoms with E-state index in [4.69, 9.17) is 4.52 Å². The van der Waals surface area contributed by atoms with Crippen LogP contribution in [0.3, 0.4) is 0 Å². The minimum absolute atomic E-state index is 0.0646. The summed E-state index contributed by atoms with van der Waals surface area (Å²) in [7, 11) is 0. The molecule has 148 valence electrons. The Morgan fingerprint density at radius 3 is 2.68 bits per heavy atom. The van der Waals surface area contributed by atoms with E-state index in [9.17, 15) is 9.59 Å². The van der Waals surface area contributed by atoms with Crippen LogP contribution in [-0.2, 0) is 15.0 Å². The maximum atomic E-state index is 12.8. The summed E-state index contributed by atoms with van der Waals surface area (Å²) in [6, 6.07) is 6.90. The molecule has 0 spiro atoms. The Morgan fingerprint density at radius 1 is 1.32 bits per heavy atom. The number of rotatable bonds is 3. The zero-order valence-electron chi connectivity index (χ0n) is 16.5. The van der Waals surface area contributed by atoms with E-state index < -0.39 is 6.04 Å². The molecule has 2 fully saturated rings. The topological polar surface area (TPSA) is 88.3 Å². The van der Waals surface area contributed by atoms with Gasteiger partial charge in [0.15, 0.2) is 0 Å². The van der Waals surface area contributed by atoms with Gasteiger partial charge in [-0.15, -0.1) is 11.8 Å². The van der Waals surface area contributed by atoms with Gasteiger partial charge in [0.2, 0.25) is 23.5 Å². The summed E-state index contributed by atoms with van der Waals surface area (Å²) in [6.45, 7) is 8.09. The number of nitrogens with one attached hydrogen (secondary N) is 1. The first-order valence-corrected chi connectivity index (χ1v) is 10.4. The second-order valence-electron chi connectivity index (χ2n) is 8.51. The predicted molar refractivity (Wildman–Crippen MR) is 108 cm³/mol. The van der Waals surface area contributed by atoms with Gasteiger partial charge in [-0.05, 0) is 37.6 Å². The van der Waals surface area contributed by atoms with E-state index in [2.05, 4.69) is 15.5 Å². The van der Waals surface area contributed by atoms with Gasteiger partial charge in [-0.25, -0.2) is 0 Å². The van der Waals surface area contributed by atoms with Gasteiger partial charge in [-0.2, -0.15) is 4.98 Å². The minimum atomic E-state index is -0.420. The van der Waals surface area contributed by atoms with Crippen LogP contribution in [0.2, 0.25) is 0 Å². The number of anilines is 1. The van der Waals surface area contributed by atoms with Crippen molar-refractivity contribution in [3.8, 4) is 11.4 Å². The summed E-state index contributed by atoms with van der Waals surface area (Å²) in [5.74, 6) is 1.65. The molecule has 7 nitrogen and oxygen atoms in total. The standard InChI is InChI=1S/C20H24N4O3S/c1-19(2,3)18-22-16(23-27-18)12-5-7-13(8-6-12)21-17(26)14-11-28-20(4)10-9-15(25)24(14)20/h5-8,14H,9-11H2,1-4H3,(H,21,26)/t14-,20-/m1/s1. The molecule has 4 rings (SSSR count). The molecule has 28 heavy (non-hydrogen) atoms. The highest BCUT2D eigenvalue weighted by Gasteiger charge is 2.52. The highest BCUT2D eigenvalue weighted by atomic mass is 32.2. The van der Waals surface area contributed by atoms with Gasteiger partial charge in [0, 0.05) is 28.8 Å². The van der Waals surface area contributed by atoms with E-state index in [1.54, 1.807) is 16.7 Å². The van der Waals surface area contributed by atoms with Crippen molar-refractivity contribution < 1.29 is 14.1 Å². The number of nitrogens with zero attached hydrogens (tertiary/aromatic N) is 3. The van der Waals surface area contributed by atoms with Gasteiger partial charge in [0.1, 0.15) is 6.04 Å². The number of carbonyl (C=O) groups excluding carboxylic acids is 2. The number of amides is 2. The van der Waals surface area contributed by atoms with Crippen LogP contribution in [0.1, 0.15) is 46.4 Å². The van der Waals surface area contributed by atoms with Crippen molar-refractivity contribution in [2.75, 3.05) is 11.1 Å². The smallest absolute Gasteiger partial charge is 0.248 e. The summed E-state index contributed by atoms with van der Waals surface area (Å²) in [5.41, 5.74) is 1.29. The van der Waals surface area contributed by atoms with Gasteiger partial charge in [0.25, 0.3) is 0 Å². The van der Waals surface area contributed by atoms with Crippen molar-refractivity contribution in [1.29, 1.82) is 0 Å².